The van der Waals surface area contributed by atoms with Crippen LogP contribution in [0.2, 0.25) is 5.02 Å². The summed E-state index contributed by atoms with van der Waals surface area (Å²) in [5.74, 6) is -0.909. The highest BCUT2D eigenvalue weighted by atomic mass is 35.5. The number of nitrogens with two attached hydrogens (primary N) is 1. The fourth-order valence-corrected chi connectivity index (χ4v) is 4.18. The lowest BCUT2D eigenvalue weighted by molar-refractivity contribution is -0.137. The van der Waals surface area contributed by atoms with Crippen LogP contribution in [0.3, 0.4) is 0 Å². The van der Waals surface area contributed by atoms with Crippen molar-refractivity contribution in [1.82, 2.24) is 10.6 Å². The smallest absolute Gasteiger partial charge is 0.416 e. The predicted molar refractivity (Wildman–Crippen MR) is 127 cm³/mol. The molecule has 2 bridgehead atoms. The van der Waals surface area contributed by atoms with E-state index in [1.807, 2.05) is 0 Å². The summed E-state index contributed by atoms with van der Waals surface area (Å²) in [7, 11) is 0. The molecule has 0 saturated heterocycles. The van der Waals surface area contributed by atoms with Gasteiger partial charge in [0.25, 0.3) is 5.91 Å². The van der Waals surface area contributed by atoms with E-state index in [0.717, 1.165) is 31.0 Å². The summed E-state index contributed by atoms with van der Waals surface area (Å²) in [6, 6.07) is 6.76. The molecule has 1 saturated carbocycles. The molecule has 11 heteroatoms. The summed E-state index contributed by atoms with van der Waals surface area (Å²) in [6.45, 7) is 0.652. The Hall–Kier alpha value is -2.98. The van der Waals surface area contributed by atoms with E-state index >= 15 is 0 Å². The fourth-order valence-electron chi connectivity index (χ4n) is 3.92. The van der Waals surface area contributed by atoms with Gasteiger partial charge in [0, 0.05) is 13.0 Å². The minimum absolute atomic E-state index is 0.0700. The molecule has 194 valence electrons. The molecule has 2 amide bonds. The molecule has 7 nitrogen and oxygen atoms in total. The number of halogens is 4. The SMILES string of the molecule is NCC1(NC(=O)[C@@H]2Cc3ccc(c(Cl)c3)OCCCCOc3cc(C(F)(F)F)ccc3C(=O)N2)CC1. The molecule has 3 aliphatic rings. The molecule has 2 aliphatic heterocycles. The highest BCUT2D eigenvalue weighted by Gasteiger charge is 2.44. The maximum atomic E-state index is 13.3. The summed E-state index contributed by atoms with van der Waals surface area (Å²) >= 11 is 6.36. The first-order chi connectivity index (χ1) is 17.1. The first-order valence-corrected chi connectivity index (χ1v) is 12.1. The summed E-state index contributed by atoms with van der Waals surface area (Å²) in [5.41, 5.74) is 4.92. The summed E-state index contributed by atoms with van der Waals surface area (Å²) in [4.78, 5) is 26.4. The van der Waals surface area contributed by atoms with E-state index in [1.54, 1.807) is 18.2 Å². The maximum absolute atomic E-state index is 13.3. The van der Waals surface area contributed by atoms with Crippen molar-refractivity contribution < 1.29 is 32.2 Å². The van der Waals surface area contributed by atoms with Crippen LogP contribution in [0.15, 0.2) is 36.4 Å². The van der Waals surface area contributed by atoms with Crippen molar-refractivity contribution in [3.05, 3.63) is 58.1 Å². The number of rotatable bonds is 3. The third-order valence-corrected chi connectivity index (χ3v) is 6.59. The molecule has 0 radical (unpaired) electrons. The van der Waals surface area contributed by atoms with E-state index in [9.17, 15) is 22.8 Å². The Kier molecular flexibility index (Phi) is 7.65. The van der Waals surface area contributed by atoms with Gasteiger partial charge in [0.05, 0.1) is 34.9 Å². The second kappa shape index (κ2) is 10.6. The van der Waals surface area contributed by atoms with E-state index in [2.05, 4.69) is 10.6 Å². The molecule has 1 aliphatic carbocycles. The first kappa shape index (κ1) is 26.1. The normalized spacial score (nSPS) is 19.9. The van der Waals surface area contributed by atoms with Crippen molar-refractivity contribution in [2.45, 2.75) is 49.9 Å². The zero-order valence-corrected chi connectivity index (χ0v) is 20.2. The topological polar surface area (TPSA) is 103 Å². The number of amides is 2. The Morgan fingerprint density at radius 3 is 2.42 bits per heavy atom. The molecule has 0 spiro atoms. The third-order valence-electron chi connectivity index (χ3n) is 6.30. The average molecular weight is 526 g/mol. The number of carbonyl (C=O) groups is 2. The molecule has 36 heavy (non-hydrogen) atoms. The lowest BCUT2D eigenvalue weighted by Gasteiger charge is -2.23. The lowest BCUT2D eigenvalue weighted by Crippen LogP contribution is -2.53. The van der Waals surface area contributed by atoms with Gasteiger partial charge in [0.1, 0.15) is 17.5 Å². The number of carbonyl (C=O) groups excluding carboxylic acids is 2. The number of alkyl halides is 3. The van der Waals surface area contributed by atoms with Gasteiger partial charge in [-0.15, -0.1) is 0 Å². The van der Waals surface area contributed by atoms with Gasteiger partial charge >= 0.3 is 6.18 Å². The van der Waals surface area contributed by atoms with Crippen molar-refractivity contribution in [1.29, 1.82) is 0 Å². The Balaban J connectivity index is 1.67. The second-order valence-electron chi connectivity index (χ2n) is 9.08. The van der Waals surface area contributed by atoms with E-state index in [4.69, 9.17) is 26.8 Å². The average Bonchev–Trinajstić information content (AvgIpc) is 3.60. The van der Waals surface area contributed by atoms with Gasteiger partial charge in [-0.05, 0) is 61.6 Å². The quantitative estimate of drug-likeness (QED) is 0.565. The summed E-state index contributed by atoms with van der Waals surface area (Å²) in [6.07, 6.45) is -2.03. The Morgan fingerprint density at radius 2 is 1.81 bits per heavy atom. The molecule has 2 aromatic carbocycles. The molecular weight excluding hydrogens is 499 g/mol. The van der Waals surface area contributed by atoms with E-state index in [0.29, 0.717) is 35.8 Å². The van der Waals surface area contributed by atoms with Crippen molar-refractivity contribution in [3.8, 4) is 11.5 Å². The number of nitrogens with one attached hydrogen (secondary N) is 2. The highest BCUT2D eigenvalue weighted by Crippen LogP contribution is 2.35. The van der Waals surface area contributed by atoms with Gasteiger partial charge in [-0.3, -0.25) is 9.59 Å². The second-order valence-corrected chi connectivity index (χ2v) is 9.49. The van der Waals surface area contributed by atoms with Crippen LogP contribution in [0, 0.1) is 0 Å². The third kappa shape index (κ3) is 6.22. The van der Waals surface area contributed by atoms with Crippen LogP contribution >= 0.6 is 11.6 Å². The van der Waals surface area contributed by atoms with Crippen LogP contribution in [0.25, 0.3) is 0 Å². The zero-order valence-electron chi connectivity index (χ0n) is 19.4. The molecule has 2 heterocycles. The van der Waals surface area contributed by atoms with Gasteiger partial charge < -0.3 is 25.8 Å². The molecule has 2 aromatic rings. The monoisotopic (exact) mass is 525 g/mol. The standard InChI is InChI=1S/C25H27ClF3N3O4/c26-18-11-15-3-6-20(18)35-9-1-2-10-36-21-13-16(25(27,28)29)4-5-17(21)22(33)31-19(12-15)23(34)32-24(14-30)7-8-24/h3-6,11,13,19H,1-2,7-10,12,14,30H2,(H,31,33)(H,32,34)/t19-/m0/s1. The van der Waals surface area contributed by atoms with Crippen LogP contribution < -0.4 is 25.8 Å². The minimum atomic E-state index is -4.60. The van der Waals surface area contributed by atoms with Crippen LogP contribution in [0.4, 0.5) is 13.2 Å². The van der Waals surface area contributed by atoms with Crippen molar-refractivity contribution in [2.24, 2.45) is 5.73 Å². The minimum Gasteiger partial charge on any atom is -0.493 e. The maximum Gasteiger partial charge on any atom is 0.416 e. The molecular formula is C25H27ClF3N3O4. The van der Waals surface area contributed by atoms with Gasteiger partial charge in [-0.2, -0.15) is 13.2 Å². The summed E-state index contributed by atoms with van der Waals surface area (Å²) in [5, 5.41) is 5.94. The molecule has 4 N–H and O–H groups in total. The highest BCUT2D eigenvalue weighted by molar-refractivity contribution is 6.32. The number of benzene rings is 2. The number of fused-ring (bicyclic) bond motifs is 10. The van der Waals surface area contributed by atoms with E-state index in [1.165, 1.54) is 0 Å². The predicted octanol–water partition coefficient (Wildman–Crippen LogP) is 3.86. The lowest BCUT2D eigenvalue weighted by atomic mass is 10.0. The molecule has 0 unspecified atom stereocenters. The van der Waals surface area contributed by atoms with E-state index < -0.39 is 35.1 Å². The number of ether oxygens (including phenoxy) is 2. The van der Waals surface area contributed by atoms with Crippen LogP contribution in [-0.4, -0.2) is 43.2 Å². The van der Waals surface area contributed by atoms with Gasteiger partial charge in [-0.25, -0.2) is 0 Å². The van der Waals surface area contributed by atoms with E-state index in [-0.39, 0.29) is 30.9 Å². The van der Waals surface area contributed by atoms with Crippen molar-refractivity contribution in [2.75, 3.05) is 19.8 Å². The van der Waals surface area contributed by atoms with Crippen LogP contribution in [0.5, 0.6) is 11.5 Å². The molecule has 0 aromatic heterocycles. The van der Waals surface area contributed by atoms with Gasteiger partial charge in [0.2, 0.25) is 5.91 Å². The van der Waals surface area contributed by atoms with Gasteiger partial charge in [0.15, 0.2) is 0 Å². The Bertz CT molecular complexity index is 1140. The Labute approximate surface area is 211 Å². The largest absolute Gasteiger partial charge is 0.493 e. The number of hydrogen-bond acceptors (Lipinski definition) is 5. The Morgan fingerprint density at radius 1 is 1.11 bits per heavy atom. The van der Waals surface area contributed by atoms with Gasteiger partial charge in [-0.1, -0.05) is 17.7 Å². The van der Waals surface area contributed by atoms with Crippen LogP contribution in [0.1, 0.15) is 47.2 Å². The van der Waals surface area contributed by atoms with Crippen molar-refractivity contribution in [3.63, 3.8) is 0 Å². The zero-order chi connectivity index (χ0) is 25.9. The first-order valence-electron chi connectivity index (χ1n) is 11.7. The molecule has 1 fully saturated rings. The molecule has 1 atom stereocenters. The summed E-state index contributed by atoms with van der Waals surface area (Å²) < 4.78 is 51.2. The number of hydrogen-bond donors (Lipinski definition) is 3. The molecule has 5 rings (SSSR count). The van der Waals surface area contributed by atoms with Crippen molar-refractivity contribution >= 4 is 23.4 Å². The fraction of sp³-hybridized carbons (Fsp3) is 0.440. The van der Waals surface area contributed by atoms with Crippen LogP contribution in [-0.2, 0) is 17.4 Å².